The van der Waals surface area contributed by atoms with Crippen molar-refractivity contribution in [3.05, 3.63) is 23.9 Å². The summed E-state index contributed by atoms with van der Waals surface area (Å²) in [7, 11) is 1.60. The van der Waals surface area contributed by atoms with E-state index in [1.165, 1.54) is 6.20 Å². The van der Waals surface area contributed by atoms with E-state index < -0.39 is 11.3 Å². The minimum atomic E-state index is -0.543. The van der Waals surface area contributed by atoms with E-state index in [0.29, 0.717) is 17.9 Å². The molecule has 0 aliphatic carbocycles. The van der Waals surface area contributed by atoms with E-state index in [4.69, 9.17) is 5.73 Å². The molecule has 1 heterocycles. The van der Waals surface area contributed by atoms with Gasteiger partial charge in [-0.05, 0) is 26.0 Å². The molecule has 1 rings (SSSR count). The summed E-state index contributed by atoms with van der Waals surface area (Å²) >= 11 is 0. The number of carbonyl (C=O) groups excluding carboxylic acids is 2. The maximum atomic E-state index is 11.6. The third kappa shape index (κ3) is 3.44. The second-order valence-corrected chi connectivity index (χ2v) is 4.61. The first-order chi connectivity index (χ1) is 8.36. The molecule has 18 heavy (non-hydrogen) atoms. The molecule has 0 fully saturated rings. The van der Waals surface area contributed by atoms with Crippen LogP contribution >= 0.6 is 0 Å². The zero-order valence-electron chi connectivity index (χ0n) is 10.8. The summed E-state index contributed by atoms with van der Waals surface area (Å²) < 4.78 is 0. The fraction of sp³-hybridized carbons (Fsp3) is 0.417. The molecule has 0 unspecified atom stereocenters. The molecule has 0 spiro atoms. The monoisotopic (exact) mass is 250 g/mol. The Morgan fingerprint density at radius 2 is 2.06 bits per heavy atom. The molecule has 2 amide bonds. The van der Waals surface area contributed by atoms with Crippen molar-refractivity contribution in [2.45, 2.75) is 13.8 Å². The van der Waals surface area contributed by atoms with Crippen molar-refractivity contribution in [1.29, 1.82) is 0 Å². The second-order valence-electron chi connectivity index (χ2n) is 4.61. The first-order valence-corrected chi connectivity index (χ1v) is 5.59. The largest absolute Gasteiger partial charge is 0.369 e. The molecule has 0 bridgehead atoms. The Labute approximate surface area is 106 Å². The summed E-state index contributed by atoms with van der Waals surface area (Å²) in [6.45, 7) is 4.10. The fourth-order valence-electron chi connectivity index (χ4n) is 1.37. The summed E-state index contributed by atoms with van der Waals surface area (Å²) in [5.41, 5.74) is 4.92. The summed E-state index contributed by atoms with van der Waals surface area (Å²) in [6.07, 6.45) is 1.40. The molecule has 0 aromatic carbocycles. The smallest absolute Gasteiger partial charge is 0.250 e. The molecular formula is C12H18N4O2. The molecule has 1 aromatic heterocycles. The number of anilines is 1. The Balaban J connectivity index is 2.64. The fourth-order valence-corrected chi connectivity index (χ4v) is 1.37. The quantitative estimate of drug-likeness (QED) is 0.703. The van der Waals surface area contributed by atoms with Crippen LogP contribution in [0.1, 0.15) is 24.2 Å². The number of pyridine rings is 1. The molecule has 0 atom stereocenters. The Morgan fingerprint density at radius 1 is 1.39 bits per heavy atom. The highest BCUT2D eigenvalue weighted by Gasteiger charge is 2.26. The van der Waals surface area contributed by atoms with Gasteiger partial charge in [-0.15, -0.1) is 0 Å². The summed E-state index contributed by atoms with van der Waals surface area (Å²) in [4.78, 5) is 26.5. The van der Waals surface area contributed by atoms with E-state index in [0.717, 1.165) is 0 Å². The van der Waals surface area contributed by atoms with Gasteiger partial charge in [-0.2, -0.15) is 0 Å². The van der Waals surface area contributed by atoms with E-state index in [2.05, 4.69) is 15.6 Å². The minimum Gasteiger partial charge on any atom is -0.369 e. The van der Waals surface area contributed by atoms with Gasteiger partial charge < -0.3 is 16.4 Å². The summed E-state index contributed by atoms with van der Waals surface area (Å²) in [6, 6.07) is 3.24. The molecule has 0 saturated carbocycles. The van der Waals surface area contributed by atoms with Crippen molar-refractivity contribution in [3.8, 4) is 0 Å². The molecule has 98 valence electrons. The minimum absolute atomic E-state index is 0.0521. The van der Waals surface area contributed by atoms with Crippen molar-refractivity contribution >= 4 is 17.6 Å². The standard InChI is InChI=1S/C12H18N4O2/c1-12(2,11(18)14-3)7-16-9-5-4-8(6-15-9)10(13)17/h4-6H,7H2,1-3H3,(H2,13,17)(H,14,18)(H,15,16). The number of nitrogens with zero attached hydrogens (tertiary/aromatic N) is 1. The van der Waals surface area contributed by atoms with Crippen LogP contribution in [-0.4, -0.2) is 30.4 Å². The Kier molecular flexibility index (Phi) is 4.25. The first-order valence-electron chi connectivity index (χ1n) is 5.59. The zero-order chi connectivity index (χ0) is 13.8. The van der Waals surface area contributed by atoms with Crippen LogP contribution in [0.15, 0.2) is 18.3 Å². The lowest BCUT2D eigenvalue weighted by Gasteiger charge is -2.23. The van der Waals surface area contributed by atoms with Crippen molar-refractivity contribution < 1.29 is 9.59 Å². The zero-order valence-corrected chi connectivity index (χ0v) is 10.8. The molecule has 0 aliphatic rings. The van der Waals surface area contributed by atoms with E-state index in [1.807, 2.05) is 13.8 Å². The van der Waals surface area contributed by atoms with Crippen LogP contribution in [0.25, 0.3) is 0 Å². The van der Waals surface area contributed by atoms with E-state index >= 15 is 0 Å². The van der Waals surface area contributed by atoms with Gasteiger partial charge >= 0.3 is 0 Å². The highest BCUT2D eigenvalue weighted by Crippen LogP contribution is 2.16. The lowest BCUT2D eigenvalue weighted by molar-refractivity contribution is -0.128. The predicted octanol–water partition coefficient (Wildman–Crippen LogP) is 0.365. The van der Waals surface area contributed by atoms with E-state index in [9.17, 15) is 9.59 Å². The van der Waals surface area contributed by atoms with Gasteiger partial charge in [0.2, 0.25) is 11.8 Å². The SMILES string of the molecule is CNC(=O)C(C)(C)CNc1ccc(C(N)=O)cn1. The van der Waals surface area contributed by atoms with E-state index in [1.54, 1.807) is 19.2 Å². The van der Waals surface area contributed by atoms with Gasteiger partial charge in [0.25, 0.3) is 0 Å². The van der Waals surface area contributed by atoms with Crippen LogP contribution in [0.5, 0.6) is 0 Å². The van der Waals surface area contributed by atoms with Gasteiger partial charge in [-0.3, -0.25) is 9.59 Å². The molecule has 6 nitrogen and oxygen atoms in total. The number of amides is 2. The first kappa shape index (κ1) is 14.0. The average Bonchev–Trinajstić information content (AvgIpc) is 2.35. The number of nitrogens with one attached hydrogen (secondary N) is 2. The van der Waals surface area contributed by atoms with Crippen LogP contribution in [0, 0.1) is 5.41 Å². The summed E-state index contributed by atoms with van der Waals surface area (Å²) in [5, 5.41) is 5.65. The number of hydrogen-bond donors (Lipinski definition) is 3. The van der Waals surface area contributed by atoms with Crippen LogP contribution in [0.2, 0.25) is 0 Å². The van der Waals surface area contributed by atoms with Crippen molar-refractivity contribution in [2.75, 3.05) is 18.9 Å². The van der Waals surface area contributed by atoms with Gasteiger partial charge in [0.05, 0.1) is 11.0 Å². The van der Waals surface area contributed by atoms with Crippen molar-refractivity contribution in [3.63, 3.8) is 0 Å². The number of hydrogen-bond acceptors (Lipinski definition) is 4. The molecular weight excluding hydrogens is 232 g/mol. The Hall–Kier alpha value is -2.11. The number of primary amides is 1. The Morgan fingerprint density at radius 3 is 2.50 bits per heavy atom. The van der Waals surface area contributed by atoms with Crippen LogP contribution in [-0.2, 0) is 4.79 Å². The van der Waals surface area contributed by atoms with Crippen LogP contribution in [0.3, 0.4) is 0 Å². The van der Waals surface area contributed by atoms with Gasteiger partial charge in [0, 0.05) is 19.8 Å². The molecule has 6 heteroatoms. The summed E-state index contributed by atoms with van der Waals surface area (Å²) in [5.74, 6) is 0.0282. The second kappa shape index (κ2) is 5.48. The normalized spacial score (nSPS) is 10.8. The third-order valence-corrected chi connectivity index (χ3v) is 2.60. The maximum absolute atomic E-state index is 11.6. The average molecular weight is 250 g/mol. The van der Waals surface area contributed by atoms with Crippen LogP contribution < -0.4 is 16.4 Å². The van der Waals surface area contributed by atoms with E-state index in [-0.39, 0.29) is 5.91 Å². The topological polar surface area (TPSA) is 97.1 Å². The van der Waals surface area contributed by atoms with Crippen molar-refractivity contribution in [1.82, 2.24) is 10.3 Å². The van der Waals surface area contributed by atoms with Gasteiger partial charge in [0.1, 0.15) is 5.82 Å². The van der Waals surface area contributed by atoms with Crippen molar-refractivity contribution in [2.24, 2.45) is 11.1 Å². The van der Waals surface area contributed by atoms with Gasteiger partial charge in [0.15, 0.2) is 0 Å². The predicted molar refractivity (Wildman–Crippen MR) is 69.1 cm³/mol. The number of nitrogens with two attached hydrogens (primary N) is 1. The van der Waals surface area contributed by atoms with Crippen LogP contribution in [0.4, 0.5) is 5.82 Å². The van der Waals surface area contributed by atoms with Gasteiger partial charge in [-0.25, -0.2) is 4.98 Å². The van der Waals surface area contributed by atoms with Gasteiger partial charge in [-0.1, -0.05) is 0 Å². The lowest BCUT2D eigenvalue weighted by Crippen LogP contribution is -2.39. The molecule has 1 aromatic rings. The number of rotatable bonds is 5. The third-order valence-electron chi connectivity index (χ3n) is 2.60. The number of aromatic nitrogens is 1. The highest BCUT2D eigenvalue weighted by molar-refractivity contribution is 5.92. The molecule has 4 N–H and O–H groups in total. The number of carbonyl (C=O) groups is 2. The Bertz CT molecular complexity index is 440. The molecule has 0 radical (unpaired) electrons. The highest BCUT2D eigenvalue weighted by atomic mass is 16.2. The molecule has 0 aliphatic heterocycles. The lowest BCUT2D eigenvalue weighted by atomic mass is 9.92. The molecule has 0 saturated heterocycles. The maximum Gasteiger partial charge on any atom is 0.250 e.